The Bertz CT molecular complexity index is 489. The van der Waals surface area contributed by atoms with Crippen LogP contribution in [0.3, 0.4) is 0 Å². The van der Waals surface area contributed by atoms with Crippen molar-refractivity contribution in [1.82, 2.24) is 5.32 Å². The Hall–Kier alpha value is -1.81. The van der Waals surface area contributed by atoms with Gasteiger partial charge in [0.2, 0.25) is 0 Å². The predicted molar refractivity (Wildman–Crippen MR) is 80.1 cm³/mol. The summed E-state index contributed by atoms with van der Waals surface area (Å²) in [5, 5.41) is 3.09. The maximum atomic E-state index is 11.6. The van der Waals surface area contributed by atoms with E-state index in [0.717, 1.165) is 17.5 Å². The van der Waals surface area contributed by atoms with Gasteiger partial charge in [0.15, 0.2) is 5.96 Å². The number of amides is 1. The molecule has 0 spiro atoms. The maximum Gasteiger partial charge on any atom is 0.250 e. The Kier molecular flexibility index (Phi) is 6.09. The highest BCUT2D eigenvalue weighted by molar-refractivity contribution is 6.32. The number of benzene rings is 1. The van der Waals surface area contributed by atoms with Crippen molar-refractivity contribution >= 4 is 29.5 Å². The van der Waals surface area contributed by atoms with Gasteiger partial charge in [-0.25, -0.2) is 0 Å². The van der Waals surface area contributed by atoms with Crippen molar-refractivity contribution in [2.24, 2.45) is 10.7 Å². The van der Waals surface area contributed by atoms with Gasteiger partial charge in [0.1, 0.15) is 0 Å². The van der Waals surface area contributed by atoms with E-state index >= 15 is 0 Å². The predicted octanol–water partition coefficient (Wildman–Crippen LogP) is 2.50. The van der Waals surface area contributed by atoms with Crippen molar-refractivity contribution in [1.29, 1.82) is 0 Å². The summed E-state index contributed by atoms with van der Waals surface area (Å²) < 4.78 is 0. The number of carbonyl (C=O) groups excluding carboxylic acids is 1. The largest absolute Gasteiger partial charge is 0.370 e. The van der Waals surface area contributed by atoms with Crippen LogP contribution >= 0.6 is 11.6 Å². The summed E-state index contributed by atoms with van der Waals surface area (Å²) in [4.78, 5) is 15.6. The number of nitrogens with zero attached hydrogens (tertiary/aromatic N) is 1. The van der Waals surface area contributed by atoms with Gasteiger partial charge < -0.3 is 5.73 Å². The molecular formula is C14H18ClN3O. The lowest BCUT2D eigenvalue weighted by Crippen LogP contribution is -2.35. The second kappa shape index (κ2) is 7.59. The number of aryl methyl sites for hydroxylation is 1. The molecule has 0 heterocycles. The van der Waals surface area contributed by atoms with Gasteiger partial charge >= 0.3 is 0 Å². The van der Waals surface area contributed by atoms with Crippen LogP contribution in [0.15, 0.2) is 29.3 Å². The highest BCUT2D eigenvalue weighted by atomic mass is 35.5. The van der Waals surface area contributed by atoms with Crippen LogP contribution in [0.1, 0.15) is 24.5 Å². The average Bonchev–Trinajstić information content (AvgIpc) is 2.35. The van der Waals surface area contributed by atoms with Crippen molar-refractivity contribution in [3.05, 3.63) is 40.4 Å². The van der Waals surface area contributed by atoms with Crippen molar-refractivity contribution in [2.75, 3.05) is 6.54 Å². The molecule has 1 aromatic rings. The third kappa shape index (κ3) is 5.14. The van der Waals surface area contributed by atoms with Crippen molar-refractivity contribution in [3.8, 4) is 0 Å². The van der Waals surface area contributed by atoms with Gasteiger partial charge in [-0.15, -0.1) is 0 Å². The van der Waals surface area contributed by atoms with E-state index in [1.807, 2.05) is 26.0 Å². The molecule has 0 bridgehead atoms. The number of hydrogen-bond acceptors (Lipinski definition) is 2. The fraction of sp³-hybridized carbons (Fsp3) is 0.286. The van der Waals surface area contributed by atoms with Crippen LogP contribution in [0.25, 0.3) is 6.08 Å². The molecule has 1 rings (SSSR count). The molecule has 4 nitrogen and oxygen atoms in total. The van der Waals surface area contributed by atoms with Crippen molar-refractivity contribution < 1.29 is 4.79 Å². The third-order valence-corrected chi connectivity index (χ3v) is 2.76. The number of hydrogen-bond donors (Lipinski definition) is 2. The fourth-order valence-corrected chi connectivity index (χ4v) is 1.74. The topological polar surface area (TPSA) is 67.5 Å². The number of carbonyl (C=O) groups is 1. The number of halogens is 1. The van der Waals surface area contributed by atoms with Gasteiger partial charge in [-0.1, -0.05) is 30.7 Å². The number of aliphatic imine (C=N–C) groups is 1. The Morgan fingerprint density at radius 1 is 1.53 bits per heavy atom. The summed E-state index contributed by atoms with van der Waals surface area (Å²) in [5.74, 6) is -0.191. The molecule has 19 heavy (non-hydrogen) atoms. The van der Waals surface area contributed by atoms with Gasteiger partial charge in [0.05, 0.1) is 0 Å². The summed E-state index contributed by atoms with van der Waals surface area (Å²) >= 11 is 6.06. The molecule has 3 N–H and O–H groups in total. The zero-order valence-electron chi connectivity index (χ0n) is 11.1. The summed E-state index contributed by atoms with van der Waals surface area (Å²) in [5.41, 5.74) is 7.37. The Morgan fingerprint density at radius 3 is 2.89 bits per heavy atom. The van der Waals surface area contributed by atoms with Gasteiger partial charge in [-0.3, -0.25) is 15.1 Å². The second-order valence-corrected chi connectivity index (χ2v) is 4.47. The SMILES string of the molecule is CCCN=C(N)NC(=O)/C=C/c1c(C)cccc1Cl. The van der Waals surface area contributed by atoms with Crippen LogP contribution < -0.4 is 11.1 Å². The first-order valence-electron chi connectivity index (χ1n) is 6.08. The molecule has 0 radical (unpaired) electrons. The molecule has 0 aliphatic heterocycles. The molecule has 0 atom stereocenters. The molecule has 102 valence electrons. The smallest absolute Gasteiger partial charge is 0.250 e. The number of nitrogens with two attached hydrogens (primary N) is 1. The van der Waals surface area contributed by atoms with Gasteiger partial charge in [-0.05, 0) is 36.6 Å². The third-order valence-electron chi connectivity index (χ3n) is 2.43. The fourth-order valence-electron chi connectivity index (χ4n) is 1.45. The lowest BCUT2D eigenvalue weighted by molar-refractivity contribution is -0.115. The number of nitrogens with one attached hydrogen (secondary N) is 1. The molecule has 0 saturated carbocycles. The first-order chi connectivity index (χ1) is 9.04. The van der Waals surface area contributed by atoms with Crippen LogP contribution in [0.4, 0.5) is 0 Å². The van der Waals surface area contributed by atoms with E-state index in [-0.39, 0.29) is 11.9 Å². The lowest BCUT2D eigenvalue weighted by Gasteiger charge is -2.03. The number of guanidine groups is 1. The quantitative estimate of drug-likeness (QED) is 0.505. The van der Waals surface area contributed by atoms with Crippen LogP contribution in [-0.2, 0) is 4.79 Å². The normalized spacial score (nSPS) is 11.8. The molecule has 0 aliphatic rings. The molecular weight excluding hydrogens is 262 g/mol. The Labute approximate surface area is 118 Å². The molecule has 0 fully saturated rings. The molecule has 0 saturated heterocycles. The molecule has 0 aliphatic carbocycles. The van der Waals surface area contributed by atoms with E-state index in [1.54, 1.807) is 12.1 Å². The summed E-state index contributed by atoms with van der Waals surface area (Å²) in [7, 11) is 0. The molecule has 0 aromatic heterocycles. The van der Waals surface area contributed by atoms with E-state index in [1.165, 1.54) is 6.08 Å². The first-order valence-corrected chi connectivity index (χ1v) is 6.46. The standard InChI is InChI=1S/C14H18ClN3O/c1-3-9-17-14(16)18-13(19)8-7-11-10(2)5-4-6-12(11)15/h4-8H,3,9H2,1-2H3,(H3,16,17,18,19)/b8-7+. The lowest BCUT2D eigenvalue weighted by atomic mass is 10.1. The molecule has 1 amide bonds. The monoisotopic (exact) mass is 279 g/mol. The second-order valence-electron chi connectivity index (χ2n) is 4.06. The zero-order valence-corrected chi connectivity index (χ0v) is 11.9. The van der Waals surface area contributed by atoms with Gasteiger partial charge in [0.25, 0.3) is 5.91 Å². The first kappa shape index (κ1) is 15.2. The minimum atomic E-state index is -0.323. The molecule has 5 heteroatoms. The average molecular weight is 280 g/mol. The Balaban J connectivity index is 2.69. The van der Waals surface area contributed by atoms with Crippen molar-refractivity contribution in [3.63, 3.8) is 0 Å². The maximum absolute atomic E-state index is 11.6. The van der Waals surface area contributed by atoms with E-state index in [4.69, 9.17) is 17.3 Å². The van der Waals surface area contributed by atoms with E-state index in [0.29, 0.717) is 11.6 Å². The van der Waals surface area contributed by atoms with Crippen LogP contribution in [-0.4, -0.2) is 18.4 Å². The van der Waals surface area contributed by atoms with Crippen molar-refractivity contribution in [2.45, 2.75) is 20.3 Å². The highest BCUT2D eigenvalue weighted by Crippen LogP contribution is 2.20. The van der Waals surface area contributed by atoms with Crippen LogP contribution in [0, 0.1) is 6.92 Å². The van der Waals surface area contributed by atoms with Gasteiger partial charge in [0, 0.05) is 17.6 Å². The van der Waals surface area contributed by atoms with Gasteiger partial charge in [-0.2, -0.15) is 0 Å². The molecule has 1 aromatic carbocycles. The highest BCUT2D eigenvalue weighted by Gasteiger charge is 2.02. The van der Waals surface area contributed by atoms with E-state index in [2.05, 4.69) is 10.3 Å². The summed E-state index contributed by atoms with van der Waals surface area (Å²) in [6.07, 6.45) is 3.94. The van der Waals surface area contributed by atoms with Crippen LogP contribution in [0.5, 0.6) is 0 Å². The zero-order chi connectivity index (χ0) is 14.3. The number of rotatable bonds is 4. The Morgan fingerprint density at radius 2 is 2.26 bits per heavy atom. The minimum absolute atomic E-state index is 0.132. The minimum Gasteiger partial charge on any atom is -0.370 e. The summed E-state index contributed by atoms with van der Waals surface area (Å²) in [6.45, 7) is 4.51. The molecule has 0 unspecified atom stereocenters. The van der Waals surface area contributed by atoms with E-state index < -0.39 is 0 Å². The summed E-state index contributed by atoms with van der Waals surface area (Å²) in [6, 6.07) is 5.58. The van der Waals surface area contributed by atoms with Crippen LogP contribution in [0.2, 0.25) is 5.02 Å². The van der Waals surface area contributed by atoms with E-state index in [9.17, 15) is 4.79 Å².